The van der Waals surface area contributed by atoms with Gasteiger partial charge in [-0.25, -0.2) is 0 Å². The smallest absolute Gasteiger partial charge is 0.189 e. The van der Waals surface area contributed by atoms with Crippen molar-refractivity contribution in [1.29, 1.82) is 0 Å². The molecule has 4 nitrogen and oxygen atoms in total. The molecule has 4 rings (SSSR count). The van der Waals surface area contributed by atoms with E-state index in [1.54, 1.807) is 0 Å². The van der Waals surface area contributed by atoms with Crippen LogP contribution in [0.3, 0.4) is 0 Å². The lowest BCUT2D eigenvalue weighted by molar-refractivity contribution is 0.0225. The van der Waals surface area contributed by atoms with E-state index in [1.165, 1.54) is 16.2 Å². The summed E-state index contributed by atoms with van der Waals surface area (Å²) in [5.74, 6) is 1.70. The van der Waals surface area contributed by atoms with Crippen LogP contribution in [0.2, 0.25) is 0 Å². The molecule has 1 aliphatic rings. The molecule has 1 saturated heterocycles. The molecule has 0 aromatic heterocycles. The van der Waals surface area contributed by atoms with Crippen LogP contribution in [0.1, 0.15) is 6.92 Å². The van der Waals surface area contributed by atoms with Crippen LogP contribution in [0.4, 0.5) is 0 Å². The minimum Gasteiger partial charge on any atom is -0.491 e. The summed E-state index contributed by atoms with van der Waals surface area (Å²) in [5.41, 5.74) is 0. The van der Waals surface area contributed by atoms with Gasteiger partial charge in [-0.15, -0.1) is 0 Å². The summed E-state index contributed by atoms with van der Waals surface area (Å²) in [6.07, 6.45) is 0.271. The lowest BCUT2D eigenvalue weighted by Crippen LogP contribution is -2.03. The van der Waals surface area contributed by atoms with Crippen LogP contribution in [0.5, 0.6) is 11.5 Å². The standard InChI is InChI=1S/C20H20O4/c1-2-21-13-24-19-6-4-15-7-16-9-18(22-11-20-12-23-20)5-3-14(16)8-17(15)10-19/h3-10,20H,2,11-13H2,1H3. The molecule has 1 atom stereocenters. The summed E-state index contributed by atoms with van der Waals surface area (Å²) in [7, 11) is 0. The Morgan fingerprint density at radius 3 is 2.08 bits per heavy atom. The van der Waals surface area contributed by atoms with Crippen LogP contribution in [0.15, 0.2) is 48.5 Å². The Hall–Kier alpha value is -2.30. The third-order valence-corrected chi connectivity index (χ3v) is 4.09. The molecule has 3 aromatic carbocycles. The molecule has 1 fully saturated rings. The molecule has 4 heteroatoms. The van der Waals surface area contributed by atoms with Gasteiger partial charge in [0.1, 0.15) is 24.2 Å². The molecule has 1 unspecified atom stereocenters. The van der Waals surface area contributed by atoms with E-state index in [9.17, 15) is 0 Å². The van der Waals surface area contributed by atoms with E-state index in [-0.39, 0.29) is 12.9 Å². The Morgan fingerprint density at radius 1 is 0.875 bits per heavy atom. The van der Waals surface area contributed by atoms with Crippen molar-refractivity contribution in [2.75, 3.05) is 26.6 Å². The minimum absolute atomic E-state index is 0.271. The molecule has 0 aliphatic carbocycles. The highest BCUT2D eigenvalue weighted by atomic mass is 16.7. The fourth-order valence-corrected chi connectivity index (χ4v) is 2.68. The van der Waals surface area contributed by atoms with E-state index in [0.29, 0.717) is 13.2 Å². The third-order valence-electron chi connectivity index (χ3n) is 4.09. The van der Waals surface area contributed by atoms with E-state index in [0.717, 1.165) is 23.5 Å². The van der Waals surface area contributed by atoms with E-state index in [1.807, 2.05) is 25.1 Å². The number of epoxide rings is 1. The predicted octanol–water partition coefficient (Wildman–Crippen LogP) is 4.14. The van der Waals surface area contributed by atoms with Crippen molar-refractivity contribution in [3.63, 3.8) is 0 Å². The van der Waals surface area contributed by atoms with Gasteiger partial charge in [0, 0.05) is 6.61 Å². The molecule has 0 spiro atoms. The highest BCUT2D eigenvalue weighted by Crippen LogP contribution is 2.29. The summed E-state index contributed by atoms with van der Waals surface area (Å²) in [4.78, 5) is 0. The molecular weight excluding hydrogens is 304 g/mol. The predicted molar refractivity (Wildman–Crippen MR) is 93.8 cm³/mol. The fourth-order valence-electron chi connectivity index (χ4n) is 2.68. The van der Waals surface area contributed by atoms with Gasteiger partial charge in [-0.2, -0.15) is 0 Å². The van der Waals surface area contributed by atoms with Crippen molar-refractivity contribution in [1.82, 2.24) is 0 Å². The largest absolute Gasteiger partial charge is 0.491 e. The maximum atomic E-state index is 5.77. The second-order valence-corrected chi connectivity index (χ2v) is 5.89. The summed E-state index contributed by atoms with van der Waals surface area (Å²) in [6.45, 7) is 4.31. The SMILES string of the molecule is CCOCOc1ccc2cc3cc(OCC4CO4)ccc3cc2c1. The van der Waals surface area contributed by atoms with Gasteiger partial charge in [0.25, 0.3) is 0 Å². The Bertz CT molecular complexity index is 855. The Balaban J connectivity index is 1.59. The van der Waals surface area contributed by atoms with Crippen molar-refractivity contribution in [2.45, 2.75) is 13.0 Å². The van der Waals surface area contributed by atoms with Gasteiger partial charge in [-0.3, -0.25) is 0 Å². The topological polar surface area (TPSA) is 40.2 Å². The molecule has 1 heterocycles. The average Bonchev–Trinajstić information content (AvgIpc) is 3.42. The second-order valence-electron chi connectivity index (χ2n) is 5.89. The number of fused-ring (bicyclic) bond motifs is 2. The molecule has 0 amide bonds. The summed E-state index contributed by atoms with van der Waals surface area (Å²) >= 11 is 0. The van der Waals surface area contributed by atoms with Crippen molar-refractivity contribution in [2.24, 2.45) is 0 Å². The van der Waals surface area contributed by atoms with E-state index in [2.05, 4.69) is 30.3 Å². The number of hydrogen-bond acceptors (Lipinski definition) is 4. The lowest BCUT2D eigenvalue weighted by atomic mass is 10.0. The number of hydrogen-bond donors (Lipinski definition) is 0. The third kappa shape index (κ3) is 3.45. The molecule has 0 radical (unpaired) electrons. The molecule has 1 aliphatic heterocycles. The minimum atomic E-state index is 0.271. The van der Waals surface area contributed by atoms with Crippen LogP contribution in [0, 0.1) is 0 Å². The first-order valence-corrected chi connectivity index (χ1v) is 8.24. The Morgan fingerprint density at radius 2 is 1.50 bits per heavy atom. The monoisotopic (exact) mass is 324 g/mol. The molecule has 0 N–H and O–H groups in total. The van der Waals surface area contributed by atoms with Crippen LogP contribution >= 0.6 is 0 Å². The summed E-state index contributed by atoms with van der Waals surface area (Å²) in [6, 6.07) is 16.6. The van der Waals surface area contributed by atoms with Gasteiger partial charge in [0.05, 0.1) is 6.61 Å². The van der Waals surface area contributed by atoms with Gasteiger partial charge in [0.15, 0.2) is 6.79 Å². The highest BCUT2D eigenvalue weighted by molar-refractivity contribution is 5.99. The zero-order valence-electron chi connectivity index (χ0n) is 13.7. The molecular formula is C20H20O4. The number of benzene rings is 3. The first-order chi connectivity index (χ1) is 11.8. The Kier molecular flexibility index (Phi) is 4.24. The fraction of sp³-hybridized carbons (Fsp3) is 0.300. The van der Waals surface area contributed by atoms with Gasteiger partial charge in [-0.05, 0) is 64.9 Å². The van der Waals surface area contributed by atoms with Crippen molar-refractivity contribution in [3.8, 4) is 11.5 Å². The van der Waals surface area contributed by atoms with Crippen LogP contribution < -0.4 is 9.47 Å². The number of rotatable bonds is 7. The Labute approximate surface area is 140 Å². The normalized spacial score (nSPS) is 16.5. The second kappa shape index (κ2) is 6.67. The summed E-state index contributed by atoms with van der Waals surface area (Å²) in [5, 5.41) is 4.67. The van der Waals surface area contributed by atoms with Crippen LogP contribution in [0.25, 0.3) is 21.5 Å². The average molecular weight is 324 g/mol. The van der Waals surface area contributed by atoms with Gasteiger partial charge in [-0.1, -0.05) is 12.1 Å². The molecule has 3 aromatic rings. The van der Waals surface area contributed by atoms with E-state index >= 15 is 0 Å². The van der Waals surface area contributed by atoms with E-state index in [4.69, 9.17) is 18.9 Å². The maximum absolute atomic E-state index is 5.77. The molecule has 0 saturated carbocycles. The van der Waals surface area contributed by atoms with E-state index < -0.39 is 0 Å². The lowest BCUT2D eigenvalue weighted by Gasteiger charge is -2.09. The van der Waals surface area contributed by atoms with Crippen molar-refractivity contribution < 1.29 is 18.9 Å². The highest BCUT2D eigenvalue weighted by Gasteiger charge is 2.23. The van der Waals surface area contributed by atoms with Gasteiger partial charge >= 0.3 is 0 Å². The van der Waals surface area contributed by atoms with Crippen molar-refractivity contribution in [3.05, 3.63) is 48.5 Å². The van der Waals surface area contributed by atoms with Gasteiger partial charge < -0.3 is 18.9 Å². The summed E-state index contributed by atoms with van der Waals surface area (Å²) < 4.78 is 21.8. The first kappa shape index (κ1) is 15.2. The zero-order chi connectivity index (χ0) is 16.4. The van der Waals surface area contributed by atoms with Crippen LogP contribution in [-0.2, 0) is 9.47 Å². The number of ether oxygens (including phenoxy) is 4. The van der Waals surface area contributed by atoms with Gasteiger partial charge in [0.2, 0.25) is 0 Å². The zero-order valence-corrected chi connectivity index (χ0v) is 13.7. The van der Waals surface area contributed by atoms with Crippen LogP contribution in [-0.4, -0.2) is 32.7 Å². The maximum Gasteiger partial charge on any atom is 0.189 e. The molecule has 0 bridgehead atoms. The quantitative estimate of drug-likeness (QED) is 0.283. The molecule has 24 heavy (non-hydrogen) atoms. The van der Waals surface area contributed by atoms with Crippen molar-refractivity contribution >= 4 is 21.5 Å². The molecule has 124 valence electrons. The first-order valence-electron chi connectivity index (χ1n) is 8.24.